The number of carboxylic acids is 1. The van der Waals surface area contributed by atoms with Crippen LogP contribution in [0.4, 0.5) is 11.8 Å². The highest BCUT2D eigenvalue weighted by molar-refractivity contribution is 5.85. The Morgan fingerprint density at radius 2 is 1.96 bits per heavy atom. The van der Waals surface area contributed by atoms with Gasteiger partial charge in [0.05, 0.1) is 6.33 Å². The predicted molar refractivity (Wildman–Crippen MR) is 105 cm³/mol. The molecule has 8 nitrogen and oxygen atoms in total. The molecule has 8 heteroatoms. The van der Waals surface area contributed by atoms with Crippen molar-refractivity contribution in [1.82, 2.24) is 19.5 Å². The standard InChI is InChI=1S/C19H24N6O2/c1-4-14(18(26)27)22-19-23-16(20-10-13-8-6-5-7-9-13)15-17(24-19)25(11-21-15)12(2)3/h5-9,11-12,14H,4,10H2,1-3H3,(H,26,27)(H2,20,22,23,24)/t14-/m1/s1. The Morgan fingerprint density at radius 3 is 2.59 bits per heavy atom. The van der Waals surface area contributed by atoms with Crippen LogP contribution < -0.4 is 10.6 Å². The monoisotopic (exact) mass is 368 g/mol. The Labute approximate surface area is 157 Å². The summed E-state index contributed by atoms with van der Waals surface area (Å²) >= 11 is 0. The SMILES string of the molecule is CC[C@@H](Nc1nc(NCc2ccccc2)c2ncn(C(C)C)c2n1)C(=O)O. The molecule has 0 aliphatic carbocycles. The van der Waals surface area contributed by atoms with E-state index in [2.05, 4.69) is 25.6 Å². The molecule has 0 bridgehead atoms. The summed E-state index contributed by atoms with van der Waals surface area (Å²) in [5.74, 6) is -0.0851. The molecule has 0 fully saturated rings. The number of imidazole rings is 1. The molecule has 2 heterocycles. The molecule has 2 aromatic heterocycles. The number of aromatic nitrogens is 4. The van der Waals surface area contributed by atoms with Crippen molar-refractivity contribution in [2.24, 2.45) is 0 Å². The lowest BCUT2D eigenvalue weighted by atomic mass is 10.2. The van der Waals surface area contributed by atoms with Gasteiger partial charge >= 0.3 is 5.97 Å². The van der Waals surface area contributed by atoms with Crippen molar-refractivity contribution in [3.05, 3.63) is 42.2 Å². The van der Waals surface area contributed by atoms with Crippen molar-refractivity contribution in [1.29, 1.82) is 0 Å². The summed E-state index contributed by atoms with van der Waals surface area (Å²) in [6.45, 7) is 6.47. The molecule has 142 valence electrons. The second-order valence-electron chi connectivity index (χ2n) is 6.60. The molecule has 0 amide bonds. The third kappa shape index (κ3) is 4.16. The zero-order valence-electron chi connectivity index (χ0n) is 15.7. The largest absolute Gasteiger partial charge is 0.480 e. The van der Waals surface area contributed by atoms with Crippen LogP contribution >= 0.6 is 0 Å². The van der Waals surface area contributed by atoms with E-state index in [9.17, 15) is 9.90 Å². The molecule has 0 spiro atoms. The van der Waals surface area contributed by atoms with Gasteiger partial charge in [0.25, 0.3) is 0 Å². The van der Waals surface area contributed by atoms with Gasteiger partial charge in [-0.05, 0) is 25.8 Å². The van der Waals surface area contributed by atoms with Crippen molar-refractivity contribution >= 4 is 28.9 Å². The maximum absolute atomic E-state index is 11.4. The van der Waals surface area contributed by atoms with Gasteiger partial charge in [-0.1, -0.05) is 37.3 Å². The molecule has 0 unspecified atom stereocenters. The van der Waals surface area contributed by atoms with Crippen LogP contribution in [0.5, 0.6) is 0 Å². The van der Waals surface area contributed by atoms with E-state index in [1.807, 2.05) is 48.7 Å². The lowest BCUT2D eigenvalue weighted by molar-refractivity contribution is -0.138. The van der Waals surface area contributed by atoms with Gasteiger partial charge in [0.2, 0.25) is 5.95 Å². The van der Waals surface area contributed by atoms with Crippen molar-refractivity contribution in [3.63, 3.8) is 0 Å². The molecular formula is C19H24N6O2. The molecule has 0 saturated heterocycles. The third-order valence-corrected chi connectivity index (χ3v) is 4.29. The zero-order valence-corrected chi connectivity index (χ0v) is 15.7. The summed E-state index contributed by atoms with van der Waals surface area (Å²) in [7, 11) is 0. The second-order valence-corrected chi connectivity index (χ2v) is 6.60. The van der Waals surface area contributed by atoms with Gasteiger partial charge in [0.1, 0.15) is 6.04 Å². The molecule has 3 aromatic rings. The number of hydrogen-bond acceptors (Lipinski definition) is 6. The van der Waals surface area contributed by atoms with E-state index in [0.29, 0.717) is 29.9 Å². The third-order valence-electron chi connectivity index (χ3n) is 4.29. The quantitative estimate of drug-likeness (QED) is 0.560. The Balaban J connectivity index is 1.98. The van der Waals surface area contributed by atoms with E-state index >= 15 is 0 Å². The summed E-state index contributed by atoms with van der Waals surface area (Å²) in [5, 5.41) is 15.5. The van der Waals surface area contributed by atoms with Crippen LogP contribution in [0.3, 0.4) is 0 Å². The first-order valence-electron chi connectivity index (χ1n) is 9.01. The Kier molecular flexibility index (Phi) is 5.54. The first kappa shape index (κ1) is 18.6. The fraction of sp³-hybridized carbons (Fsp3) is 0.368. The smallest absolute Gasteiger partial charge is 0.326 e. The maximum Gasteiger partial charge on any atom is 0.326 e. The summed E-state index contributed by atoms with van der Waals surface area (Å²) in [6.07, 6.45) is 2.16. The highest BCUT2D eigenvalue weighted by Gasteiger charge is 2.19. The molecule has 0 saturated carbocycles. The van der Waals surface area contributed by atoms with Gasteiger partial charge in [-0.2, -0.15) is 9.97 Å². The highest BCUT2D eigenvalue weighted by atomic mass is 16.4. The number of anilines is 2. The molecule has 1 atom stereocenters. The molecule has 0 aliphatic rings. The van der Waals surface area contributed by atoms with Crippen LogP contribution in [0.15, 0.2) is 36.7 Å². The molecular weight excluding hydrogens is 344 g/mol. The van der Waals surface area contributed by atoms with Gasteiger partial charge in [-0.15, -0.1) is 0 Å². The van der Waals surface area contributed by atoms with E-state index in [0.717, 1.165) is 5.56 Å². The molecule has 0 aliphatic heterocycles. The van der Waals surface area contributed by atoms with Crippen LogP contribution in [-0.4, -0.2) is 36.6 Å². The predicted octanol–water partition coefficient (Wildman–Crippen LogP) is 3.29. The number of hydrogen-bond donors (Lipinski definition) is 3. The van der Waals surface area contributed by atoms with E-state index in [4.69, 9.17) is 0 Å². The van der Waals surface area contributed by atoms with Crippen LogP contribution in [0, 0.1) is 0 Å². The lowest BCUT2D eigenvalue weighted by Crippen LogP contribution is -2.29. The van der Waals surface area contributed by atoms with Crippen molar-refractivity contribution in [2.75, 3.05) is 10.6 Å². The number of carbonyl (C=O) groups is 1. The minimum atomic E-state index is -0.933. The lowest BCUT2D eigenvalue weighted by Gasteiger charge is -2.15. The molecule has 3 rings (SSSR count). The fourth-order valence-electron chi connectivity index (χ4n) is 2.76. The van der Waals surface area contributed by atoms with E-state index in [1.54, 1.807) is 13.3 Å². The number of aliphatic carboxylic acids is 1. The van der Waals surface area contributed by atoms with Gasteiger partial charge < -0.3 is 20.3 Å². The van der Waals surface area contributed by atoms with Crippen LogP contribution in [-0.2, 0) is 11.3 Å². The number of rotatable bonds is 8. The first-order valence-corrected chi connectivity index (χ1v) is 9.01. The normalized spacial score (nSPS) is 12.3. The fourth-order valence-corrected chi connectivity index (χ4v) is 2.76. The number of benzene rings is 1. The average molecular weight is 368 g/mol. The summed E-state index contributed by atoms with van der Waals surface area (Å²) in [5.41, 5.74) is 2.44. The molecule has 1 aromatic carbocycles. The minimum Gasteiger partial charge on any atom is -0.480 e. The van der Waals surface area contributed by atoms with Crippen LogP contribution in [0.25, 0.3) is 11.2 Å². The zero-order chi connectivity index (χ0) is 19.4. The Bertz CT molecular complexity index is 923. The van der Waals surface area contributed by atoms with Crippen molar-refractivity contribution in [2.45, 2.75) is 45.8 Å². The van der Waals surface area contributed by atoms with Crippen LogP contribution in [0.1, 0.15) is 38.8 Å². The topological polar surface area (TPSA) is 105 Å². The first-order chi connectivity index (χ1) is 13.0. The van der Waals surface area contributed by atoms with E-state index < -0.39 is 12.0 Å². The number of nitrogens with zero attached hydrogens (tertiary/aromatic N) is 4. The van der Waals surface area contributed by atoms with Gasteiger partial charge in [0, 0.05) is 12.6 Å². The summed E-state index contributed by atoms with van der Waals surface area (Å²) < 4.78 is 1.94. The Morgan fingerprint density at radius 1 is 1.22 bits per heavy atom. The summed E-state index contributed by atoms with van der Waals surface area (Å²) in [6, 6.07) is 9.39. The van der Waals surface area contributed by atoms with Crippen molar-refractivity contribution < 1.29 is 9.90 Å². The molecule has 27 heavy (non-hydrogen) atoms. The molecule has 0 radical (unpaired) electrons. The van der Waals surface area contributed by atoms with E-state index in [-0.39, 0.29) is 12.0 Å². The van der Waals surface area contributed by atoms with Crippen LogP contribution in [0.2, 0.25) is 0 Å². The average Bonchev–Trinajstić information content (AvgIpc) is 3.09. The number of carboxylic acid groups (broad SMARTS) is 1. The Hall–Kier alpha value is -3.16. The second kappa shape index (κ2) is 8.03. The number of fused-ring (bicyclic) bond motifs is 1. The van der Waals surface area contributed by atoms with E-state index in [1.165, 1.54) is 0 Å². The summed E-state index contributed by atoms with van der Waals surface area (Å²) in [4.78, 5) is 24.8. The number of nitrogens with one attached hydrogen (secondary N) is 2. The van der Waals surface area contributed by atoms with Gasteiger partial charge in [-0.3, -0.25) is 0 Å². The molecule has 3 N–H and O–H groups in total. The minimum absolute atomic E-state index is 0.168. The van der Waals surface area contributed by atoms with Crippen molar-refractivity contribution in [3.8, 4) is 0 Å². The maximum atomic E-state index is 11.4. The highest BCUT2D eigenvalue weighted by Crippen LogP contribution is 2.24. The van der Waals surface area contributed by atoms with Gasteiger partial charge in [-0.25, -0.2) is 9.78 Å². The van der Waals surface area contributed by atoms with Gasteiger partial charge in [0.15, 0.2) is 17.0 Å².